The Kier molecular flexibility index (Phi) is 5.17. The lowest BCUT2D eigenvalue weighted by atomic mass is 9.90. The average Bonchev–Trinajstić information content (AvgIpc) is 2.38. The fourth-order valence-electron chi connectivity index (χ4n) is 2.35. The van der Waals surface area contributed by atoms with Crippen LogP contribution in [0, 0.1) is 5.92 Å². The van der Waals surface area contributed by atoms with Gasteiger partial charge in [0.15, 0.2) is 0 Å². The topological polar surface area (TPSA) is 9.23 Å². The van der Waals surface area contributed by atoms with E-state index >= 15 is 0 Å². The monoisotopic (exact) mass is 316 g/mol. The number of benzene rings is 1. The first-order chi connectivity index (χ1) is 8.29. The summed E-state index contributed by atoms with van der Waals surface area (Å²) in [6, 6.07) is 6.04. The second-order valence-corrected chi connectivity index (χ2v) is 5.88. The van der Waals surface area contributed by atoms with Crippen LogP contribution in [0.15, 0.2) is 22.7 Å². The molecule has 0 bridgehead atoms. The summed E-state index contributed by atoms with van der Waals surface area (Å²) >= 11 is 9.38. The largest absolute Gasteiger partial charge is 0.493 e. The second-order valence-electron chi connectivity index (χ2n) is 4.70. The van der Waals surface area contributed by atoms with E-state index in [4.69, 9.17) is 16.3 Å². The smallest absolute Gasteiger partial charge is 0.123 e. The average molecular weight is 318 g/mol. The van der Waals surface area contributed by atoms with E-state index in [0.29, 0.717) is 5.88 Å². The Morgan fingerprint density at radius 2 is 2.00 bits per heavy atom. The number of hydrogen-bond acceptors (Lipinski definition) is 1. The fourth-order valence-corrected chi connectivity index (χ4v) is 2.97. The third-order valence-electron chi connectivity index (χ3n) is 3.37. The highest BCUT2D eigenvalue weighted by atomic mass is 79.9. The molecule has 0 amide bonds. The number of hydrogen-bond donors (Lipinski definition) is 0. The van der Waals surface area contributed by atoms with Crippen LogP contribution in [0.25, 0.3) is 0 Å². The van der Waals surface area contributed by atoms with Gasteiger partial charge in [-0.2, -0.15) is 0 Å². The van der Waals surface area contributed by atoms with E-state index in [0.717, 1.165) is 28.3 Å². The van der Waals surface area contributed by atoms with E-state index in [-0.39, 0.29) is 0 Å². The van der Waals surface area contributed by atoms with Crippen molar-refractivity contribution in [3.8, 4) is 5.75 Å². The van der Waals surface area contributed by atoms with E-state index in [1.807, 2.05) is 18.2 Å². The third-order valence-corrected chi connectivity index (χ3v) is 4.15. The molecule has 1 aromatic rings. The van der Waals surface area contributed by atoms with E-state index in [9.17, 15) is 0 Å². The molecule has 0 aromatic heterocycles. The maximum Gasteiger partial charge on any atom is 0.123 e. The van der Waals surface area contributed by atoms with Crippen molar-refractivity contribution in [3.63, 3.8) is 0 Å². The minimum Gasteiger partial charge on any atom is -0.493 e. The van der Waals surface area contributed by atoms with Crippen LogP contribution in [-0.4, -0.2) is 6.61 Å². The van der Waals surface area contributed by atoms with Crippen molar-refractivity contribution >= 4 is 27.5 Å². The van der Waals surface area contributed by atoms with Crippen LogP contribution in [0.5, 0.6) is 5.75 Å². The molecule has 0 N–H and O–H groups in total. The van der Waals surface area contributed by atoms with Gasteiger partial charge >= 0.3 is 0 Å². The summed E-state index contributed by atoms with van der Waals surface area (Å²) < 4.78 is 6.97. The molecule has 2 rings (SSSR count). The van der Waals surface area contributed by atoms with Crippen molar-refractivity contribution < 1.29 is 4.74 Å². The molecule has 3 heteroatoms. The SMILES string of the molecule is ClCc1cc(Br)ccc1OCC1CCCCC1. The van der Waals surface area contributed by atoms with E-state index in [1.54, 1.807) is 0 Å². The van der Waals surface area contributed by atoms with Crippen LogP contribution in [0.4, 0.5) is 0 Å². The Morgan fingerprint density at radius 3 is 2.71 bits per heavy atom. The standard InChI is InChI=1S/C14H18BrClO/c15-13-6-7-14(12(8-13)9-16)17-10-11-4-2-1-3-5-11/h6-8,11H,1-5,9-10H2. The van der Waals surface area contributed by atoms with Gasteiger partial charge in [-0.05, 0) is 37.0 Å². The number of alkyl halides is 1. The molecule has 0 spiro atoms. The van der Waals surface area contributed by atoms with E-state index < -0.39 is 0 Å². The highest BCUT2D eigenvalue weighted by molar-refractivity contribution is 9.10. The number of rotatable bonds is 4. The number of ether oxygens (including phenoxy) is 1. The molecule has 0 heterocycles. The lowest BCUT2D eigenvalue weighted by molar-refractivity contribution is 0.207. The minimum atomic E-state index is 0.499. The molecule has 1 aliphatic carbocycles. The van der Waals surface area contributed by atoms with Crippen molar-refractivity contribution in [1.82, 2.24) is 0 Å². The predicted octanol–water partition coefficient (Wildman–Crippen LogP) is 5.15. The molecular formula is C14H18BrClO. The first-order valence-corrected chi connectivity index (χ1v) is 7.59. The fraction of sp³-hybridized carbons (Fsp3) is 0.571. The Morgan fingerprint density at radius 1 is 1.24 bits per heavy atom. The zero-order chi connectivity index (χ0) is 12.1. The molecule has 0 atom stereocenters. The van der Waals surface area contributed by atoms with Gasteiger partial charge in [0.25, 0.3) is 0 Å². The van der Waals surface area contributed by atoms with Crippen LogP contribution >= 0.6 is 27.5 Å². The summed E-state index contributed by atoms with van der Waals surface area (Å²) in [5, 5.41) is 0. The summed E-state index contributed by atoms with van der Waals surface area (Å²) in [6.07, 6.45) is 6.73. The molecule has 0 saturated heterocycles. The molecule has 1 aliphatic rings. The van der Waals surface area contributed by atoms with Crippen LogP contribution in [0.2, 0.25) is 0 Å². The Balaban J connectivity index is 1.93. The second kappa shape index (κ2) is 6.65. The van der Waals surface area contributed by atoms with Gasteiger partial charge in [0, 0.05) is 10.0 Å². The van der Waals surface area contributed by atoms with Gasteiger partial charge in [-0.15, -0.1) is 11.6 Å². The van der Waals surface area contributed by atoms with E-state index in [1.165, 1.54) is 32.1 Å². The van der Waals surface area contributed by atoms with Crippen LogP contribution in [0.1, 0.15) is 37.7 Å². The van der Waals surface area contributed by atoms with Crippen LogP contribution < -0.4 is 4.74 Å². The van der Waals surface area contributed by atoms with E-state index in [2.05, 4.69) is 15.9 Å². The predicted molar refractivity (Wildman–Crippen MR) is 75.8 cm³/mol. The summed E-state index contributed by atoms with van der Waals surface area (Å²) in [7, 11) is 0. The first kappa shape index (κ1) is 13.2. The maximum atomic E-state index is 5.92. The van der Waals surface area contributed by atoms with Gasteiger partial charge in [-0.25, -0.2) is 0 Å². The molecule has 1 saturated carbocycles. The van der Waals surface area contributed by atoms with Gasteiger partial charge in [0.05, 0.1) is 12.5 Å². The molecule has 1 nitrogen and oxygen atoms in total. The minimum absolute atomic E-state index is 0.499. The molecular weight excluding hydrogens is 300 g/mol. The molecule has 1 fully saturated rings. The van der Waals surface area contributed by atoms with Gasteiger partial charge < -0.3 is 4.74 Å². The molecule has 0 aliphatic heterocycles. The van der Waals surface area contributed by atoms with Crippen molar-refractivity contribution in [2.24, 2.45) is 5.92 Å². The van der Waals surface area contributed by atoms with Crippen molar-refractivity contribution in [3.05, 3.63) is 28.2 Å². The summed E-state index contributed by atoms with van der Waals surface area (Å²) in [6.45, 7) is 0.839. The Bertz CT molecular complexity index is 361. The van der Waals surface area contributed by atoms with Crippen molar-refractivity contribution in [2.45, 2.75) is 38.0 Å². The van der Waals surface area contributed by atoms with Crippen LogP contribution in [0.3, 0.4) is 0 Å². The quantitative estimate of drug-likeness (QED) is 0.698. The summed E-state index contributed by atoms with van der Waals surface area (Å²) in [5.41, 5.74) is 1.07. The van der Waals surface area contributed by atoms with Gasteiger partial charge in [0.1, 0.15) is 5.75 Å². The zero-order valence-corrected chi connectivity index (χ0v) is 12.3. The molecule has 1 aromatic carbocycles. The molecule has 17 heavy (non-hydrogen) atoms. The maximum absolute atomic E-state index is 5.92. The third kappa shape index (κ3) is 3.89. The van der Waals surface area contributed by atoms with Crippen molar-refractivity contribution in [1.29, 1.82) is 0 Å². The summed E-state index contributed by atoms with van der Waals surface area (Å²) in [4.78, 5) is 0. The normalized spacial score (nSPS) is 17.1. The summed E-state index contributed by atoms with van der Waals surface area (Å²) in [5.74, 6) is 2.17. The zero-order valence-electron chi connectivity index (χ0n) is 9.92. The van der Waals surface area contributed by atoms with Gasteiger partial charge in [-0.3, -0.25) is 0 Å². The highest BCUT2D eigenvalue weighted by Gasteiger charge is 2.14. The van der Waals surface area contributed by atoms with Gasteiger partial charge in [0.2, 0.25) is 0 Å². The molecule has 0 unspecified atom stereocenters. The number of halogens is 2. The van der Waals surface area contributed by atoms with Crippen LogP contribution in [-0.2, 0) is 5.88 Å². The first-order valence-electron chi connectivity index (χ1n) is 6.27. The molecule has 0 radical (unpaired) electrons. The Labute approximate surface area is 117 Å². The molecule has 94 valence electrons. The lowest BCUT2D eigenvalue weighted by Crippen LogP contribution is -2.15. The Hall–Kier alpha value is -0.210. The van der Waals surface area contributed by atoms with Crippen molar-refractivity contribution in [2.75, 3.05) is 6.61 Å². The van der Waals surface area contributed by atoms with Gasteiger partial charge in [-0.1, -0.05) is 35.2 Å². The lowest BCUT2D eigenvalue weighted by Gasteiger charge is -2.22. The highest BCUT2D eigenvalue weighted by Crippen LogP contribution is 2.28.